The molecule has 0 saturated heterocycles. The molecule has 0 unspecified atom stereocenters. The predicted molar refractivity (Wildman–Crippen MR) is 24.9 cm³/mol. The summed E-state index contributed by atoms with van der Waals surface area (Å²) < 4.78 is 11.6. The van der Waals surface area contributed by atoms with Crippen LogP contribution in [0, 0.1) is 6.17 Å². The summed E-state index contributed by atoms with van der Waals surface area (Å²) in [6.07, 6.45) is 1.58. The highest BCUT2D eigenvalue weighted by Gasteiger charge is 1.92. The Labute approximate surface area is 38.4 Å². The van der Waals surface area contributed by atoms with Gasteiger partial charge in [0.05, 0.1) is 0 Å². The molecule has 0 rings (SSSR count). The summed E-state index contributed by atoms with van der Waals surface area (Å²) in [7, 11) is 0. The van der Waals surface area contributed by atoms with Crippen LogP contribution in [-0.2, 0) is 0 Å². The van der Waals surface area contributed by atoms with Gasteiger partial charge in [-0.15, -0.1) is 0 Å². The fourth-order valence-electron chi connectivity index (χ4n) is 0.344. The van der Waals surface area contributed by atoms with Crippen LogP contribution in [-0.4, -0.2) is 0 Å². The molecule has 0 aromatic carbocycles. The van der Waals surface area contributed by atoms with Gasteiger partial charge in [0.1, 0.15) is 6.17 Å². The molecule has 0 aromatic rings. The maximum absolute atomic E-state index is 11.6. The van der Waals surface area contributed by atoms with Crippen molar-refractivity contribution < 1.29 is 4.39 Å². The average molecular weight is 89.1 g/mol. The number of hydrogen-bond acceptors (Lipinski definition) is 0. The van der Waals surface area contributed by atoms with Gasteiger partial charge < -0.3 is 0 Å². The molecule has 0 aliphatic rings. The van der Waals surface area contributed by atoms with Crippen LogP contribution in [0.5, 0.6) is 0 Å². The van der Waals surface area contributed by atoms with Gasteiger partial charge >= 0.3 is 0 Å². The average Bonchev–Trinajstić information content (AvgIpc) is 1.35. The van der Waals surface area contributed by atoms with Crippen molar-refractivity contribution in [3.05, 3.63) is 6.17 Å². The normalized spacial score (nSPS) is 10.0. The molecule has 0 N–H and O–H groups in total. The van der Waals surface area contributed by atoms with Gasteiger partial charge in [-0.1, -0.05) is 13.3 Å². The van der Waals surface area contributed by atoms with Crippen molar-refractivity contribution in [2.24, 2.45) is 0 Å². The fraction of sp³-hybridized carbons (Fsp3) is 0.800. The molecule has 37 valence electrons. The van der Waals surface area contributed by atoms with E-state index in [1.54, 1.807) is 0 Å². The Morgan fingerprint density at radius 1 is 1.67 bits per heavy atom. The third-order valence-corrected chi connectivity index (χ3v) is 0.594. The molecule has 0 aromatic heterocycles. The minimum Gasteiger partial charge on any atom is -0.241 e. The Morgan fingerprint density at radius 2 is 2.17 bits per heavy atom. The highest BCUT2D eigenvalue weighted by Crippen LogP contribution is 2.06. The second-order valence-electron chi connectivity index (χ2n) is 1.43. The topological polar surface area (TPSA) is 0 Å². The lowest BCUT2D eigenvalue weighted by Crippen LogP contribution is -1.76. The van der Waals surface area contributed by atoms with E-state index in [0.29, 0.717) is 6.42 Å². The fourth-order valence-corrected chi connectivity index (χ4v) is 0.344. The van der Waals surface area contributed by atoms with E-state index >= 15 is 0 Å². The first-order valence-corrected chi connectivity index (χ1v) is 2.25. The largest absolute Gasteiger partial charge is 0.241 e. The van der Waals surface area contributed by atoms with E-state index < -0.39 is 0 Å². The van der Waals surface area contributed by atoms with Crippen LogP contribution >= 0.6 is 0 Å². The second kappa shape index (κ2) is 3.13. The molecule has 0 saturated carbocycles. The van der Waals surface area contributed by atoms with E-state index in [0.717, 1.165) is 6.42 Å². The second-order valence-corrected chi connectivity index (χ2v) is 1.43. The first kappa shape index (κ1) is 5.93. The van der Waals surface area contributed by atoms with Crippen molar-refractivity contribution in [3.63, 3.8) is 0 Å². The van der Waals surface area contributed by atoms with Crippen LogP contribution in [0.2, 0.25) is 0 Å². The summed E-state index contributed by atoms with van der Waals surface area (Å²) in [5.74, 6) is 0. The molecule has 0 atom stereocenters. The molecule has 0 aliphatic carbocycles. The molecule has 0 bridgehead atoms. The van der Waals surface area contributed by atoms with Crippen LogP contribution in [0.25, 0.3) is 0 Å². The maximum Gasteiger partial charge on any atom is 0.141 e. The number of halogens is 1. The Hall–Kier alpha value is -0.0700. The zero-order valence-electron chi connectivity index (χ0n) is 4.29. The standard InChI is InChI=1S/C5H10F/c1-3-4-5(2)6/h3-4H2,1-2H3. The third kappa shape index (κ3) is 3.93. The predicted octanol–water partition coefficient (Wildman–Crippen LogP) is 2.31. The van der Waals surface area contributed by atoms with Crippen molar-refractivity contribution in [2.45, 2.75) is 26.7 Å². The molecule has 0 fully saturated rings. The van der Waals surface area contributed by atoms with Crippen molar-refractivity contribution in [1.29, 1.82) is 0 Å². The quantitative estimate of drug-likeness (QED) is 0.487. The summed E-state index contributed by atoms with van der Waals surface area (Å²) in [4.78, 5) is 0. The number of rotatable bonds is 2. The highest BCUT2D eigenvalue weighted by atomic mass is 19.1. The smallest absolute Gasteiger partial charge is 0.141 e. The number of hydrogen-bond donors (Lipinski definition) is 0. The SMILES string of the molecule is CCC[C](C)F. The van der Waals surface area contributed by atoms with Gasteiger partial charge in [-0.3, -0.25) is 0 Å². The van der Waals surface area contributed by atoms with E-state index in [1.807, 2.05) is 6.92 Å². The molecule has 0 heterocycles. The Bertz CT molecular complexity index is 25.1. The molecule has 0 nitrogen and oxygen atoms in total. The first-order chi connectivity index (χ1) is 2.77. The lowest BCUT2D eigenvalue weighted by molar-refractivity contribution is 0.469. The van der Waals surface area contributed by atoms with Gasteiger partial charge in [0, 0.05) is 0 Å². The van der Waals surface area contributed by atoms with E-state index in [-0.39, 0.29) is 6.17 Å². The summed E-state index contributed by atoms with van der Waals surface area (Å²) in [6.45, 7) is 3.46. The van der Waals surface area contributed by atoms with Gasteiger partial charge in [0.15, 0.2) is 0 Å². The zero-order valence-corrected chi connectivity index (χ0v) is 4.29. The minimum absolute atomic E-state index is 0.0394. The zero-order chi connectivity index (χ0) is 4.99. The van der Waals surface area contributed by atoms with E-state index in [4.69, 9.17) is 0 Å². The van der Waals surface area contributed by atoms with Gasteiger partial charge in [0.25, 0.3) is 0 Å². The Morgan fingerprint density at radius 3 is 2.17 bits per heavy atom. The lowest BCUT2D eigenvalue weighted by Gasteiger charge is -1.90. The van der Waals surface area contributed by atoms with E-state index in [1.165, 1.54) is 6.92 Å². The van der Waals surface area contributed by atoms with Gasteiger partial charge in [-0.2, -0.15) is 0 Å². The summed E-state index contributed by atoms with van der Waals surface area (Å²) in [5, 5.41) is 0. The molecule has 1 heteroatoms. The van der Waals surface area contributed by atoms with Crippen LogP contribution in [0.15, 0.2) is 0 Å². The monoisotopic (exact) mass is 89.1 g/mol. The van der Waals surface area contributed by atoms with Gasteiger partial charge in [-0.05, 0) is 13.3 Å². The lowest BCUT2D eigenvalue weighted by atomic mass is 10.2. The summed E-state index contributed by atoms with van der Waals surface area (Å²) in [6, 6.07) is 0. The van der Waals surface area contributed by atoms with Crippen LogP contribution in [0.4, 0.5) is 4.39 Å². The summed E-state index contributed by atoms with van der Waals surface area (Å²) in [5.41, 5.74) is 0. The maximum atomic E-state index is 11.6. The van der Waals surface area contributed by atoms with Crippen LogP contribution < -0.4 is 0 Å². The van der Waals surface area contributed by atoms with Crippen molar-refractivity contribution >= 4 is 0 Å². The summed E-state index contributed by atoms with van der Waals surface area (Å²) >= 11 is 0. The Kier molecular flexibility index (Phi) is 3.10. The third-order valence-electron chi connectivity index (χ3n) is 0.594. The van der Waals surface area contributed by atoms with Crippen molar-refractivity contribution in [1.82, 2.24) is 0 Å². The molecular weight excluding hydrogens is 79.1 g/mol. The minimum atomic E-state index is 0.0394. The highest BCUT2D eigenvalue weighted by molar-refractivity contribution is 4.64. The molecule has 6 heavy (non-hydrogen) atoms. The first-order valence-electron chi connectivity index (χ1n) is 2.25. The molecule has 0 spiro atoms. The molecule has 1 radical (unpaired) electrons. The van der Waals surface area contributed by atoms with E-state index in [9.17, 15) is 4.39 Å². The van der Waals surface area contributed by atoms with Crippen LogP contribution in [0.1, 0.15) is 26.7 Å². The van der Waals surface area contributed by atoms with Crippen molar-refractivity contribution in [3.8, 4) is 0 Å². The Balaban J connectivity index is 2.63. The van der Waals surface area contributed by atoms with Gasteiger partial charge in [0.2, 0.25) is 0 Å². The molecular formula is C5H10F. The molecule has 0 aliphatic heterocycles. The van der Waals surface area contributed by atoms with E-state index in [2.05, 4.69) is 0 Å². The molecule has 0 amide bonds. The van der Waals surface area contributed by atoms with Gasteiger partial charge in [-0.25, -0.2) is 4.39 Å². The van der Waals surface area contributed by atoms with Crippen molar-refractivity contribution in [2.75, 3.05) is 0 Å². The van der Waals surface area contributed by atoms with Crippen LogP contribution in [0.3, 0.4) is 0 Å².